The SMILES string of the molecule is O=C([C@@H]1CCN(c2ccc(Cl)cc2Cl)C1=O)N1CCOCC1. The predicted molar refractivity (Wildman–Crippen MR) is 84.3 cm³/mol. The number of ether oxygens (including phenoxy) is 1. The lowest BCUT2D eigenvalue weighted by molar-refractivity contribution is -0.143. The van der Waals surface area contributed by atoms with Crippen LogP contribution in [0.2, 0.25) is 10.0 Å². The van der Waals surface area contributed by atoms with E-state index in [2.05, 4.69) is 0 Å². The van der Waals surface area contributed by atoms with E-state index in [-0.39, 0.29) is 11.8 Å². The molecule has 1 aromatic carbocycles. The molecule has 5 nitrogen and oxygen atoms in total. The van der Waals surface area contributed by atoms with Crippen molar-refractivity contribution in [3.8, 4) is 0 Å². The monoisotopic (exact) mass is 342 g/mol. The first-order valence-corrected chi connectivity index (χ1v) is 7.96. The van der Waals surface area contributed by atoms with Crippen LogP contribution in [0.1, 0.15) is 6.42 Å². The first kappa shape index (κ1) is 15.6. The Morgan fingerprint density at radius 3 is 2.59 bits per heavy atom. The molecule has 2 aliphatic rings. The van der Waals surface area contributed by atoms with Gasteiger partial charge in [-0.15, -0.1) is 0 Å². The van der Waals surface area contributed by atoms with Crippen molar-refractivity contribution >= 4 is 40.7 Å². The first-order chi connectivity index (χ1) is 10.6. The van der Waals surface area contributed by atoms with E-state index in [1.807, 2.05) is 0 Å². The average molecular weight is 343 g/mol. The minimum atomic E-state index is -0.621. The van der Waals surface area contributed by atoms with Crippen LogP contribution in [0.25, 0.3) is 0 Å². The van der Waals surface area contributed by atoms with E-state index in [1.54, 1.807) is 28.0 Å². The Morgan fingerprint density at radius 1 is 1.18 bits per heavy atom. The van der Waals surface area contributed by atoms with Crippen molar-refractivity contribution in [1.82, 2.24) is 4.90 Å². The van der Waals surface area contributed by atoms with E-state index in [1.165, 1.54) is 0 Å². The highest BCUT2D eigenvalue weighted by Gasteiger charge is 2.40. The van der Waals surface area contributed by atoms with Crippen molar-refractivity contribution in [3.63, 3.8) is 0 Å². The number of halogens is 2. The van der Waals surface area contributed by atoms with Crippen molar-refractivity contribution in [2.45, 2.75) is 6.42 Å². The van der Waals surface area contributed by atoms with Crippen LogP contribution < -0.4 is 4.90 Å². The van der Waals surface area contributed by atoms with Gasteiger partial charge in [-0.25, -0.2) is 0 Å². The molecule has 2 aliphatic heterocycles. The molecule has 0 bridgehead atoms. The van der Waals surface area contributed by atoms with E-state index in [4.69, 9.17) is 27.9 Å². The average Bonchev–Trinajstić information content (AvgIpc) is 2.89. The van der Waals surface area contributed by atoms with Gasteiger partial charge in [-0.05, 0) is 24.6 Å². The normalized spacial score (nSPS) is 22.3. The van der Waals surface area contributed by atoms with Gasteiger partial charge < -0.3 is 14.5 Å². The highest BCUT2D eigenvalue weighted by atomic mass is 35.5. The number of nitrogens with zero attached hydrogens (tertiary/aromatic N) is 2. The van der Waals surface area contributed by atoms with Gasteiger partial charge in [-0.1, -0.05) is 23.2 Å². The third-order valence-corrected chi connectivity index (χ3v) is 4.56. The number of anilines is 1. The molecule has 0 N–H and O–H groups in total. The van der Waals surface area contributed by atoms with Crippen molar-refractivity contribution in [1.29, 1.82) is 0 Å². The molecule has 0 radical (unpaired) electrons. The largest absolute Gasteiger partial charge is 0.378 e. The summed E-state index contributed by atoms with van der Waals surface area (Å²) in [5, 5.41) is 0.932. The predicted octanol–water partition coefficient (Wildman–Crippen LogP) is 2.21. The molecule has 0 aromatic heterocycles. The smallest absolute Gasteiger partial charge is 0.239 e. The van der Waals surface area contributed by atoms with Crippen LogP contribution in [0.15, 0.2) is 18.2 Å². The summed E-state index contributed by atoms with van der Waals surface area (Å²) in [5.74, 6) is -0.925. The summed E-state index contributed by atoms with van der Waals surface area (Å²) < 4.78 is 5.24. The number of rotatable bonds is 2. The molecule has 7 heteroatoms. The number of hydrogen-bond donors (Lipinski definition) is 0. The lowest BCUT2D eigenvalue weighted by Crippen LogP contribution is -2.45. The molecular formula is C15H16Cl2N2O3. The second kappa shape index (κ2) is 6.44. The molecule has 0 spiro atoms. The number of carbonyl (C=O) groups excluding carboxylic acids is 2. The third-order valence-electron chi connectivity index (χ3n) is 4.03. The summed E-state index contributed by atoms with van der Waals surface area (Å²) in [4.78, 5) is 28.4. The number of morpholine rings is 1. The summed E-state index contributed by atoms with van der Waals surface area (Å²) in [7, 11) is 0. The Morgan fingerprint density at radius 2 is 1.91 bits per heavy atom. The lowest BCUT2D eigenvalue weighted by atomic mass is 10.1. The molecule has 3 rings (SSSR count). The molecule has 2 saturated heterocycles. The molecule has 22 heavy (non-hydrogen) atoms. The second-order valence-electron chi connectivity index (χ2n) is 5.36. The summed E-state index contributed by atoms with van der Waals surface area (Å²) in [6, 6.07) is 5.00. The standard InChI is InChI=1S/C15H16Cl2N2O3/c16-10-1-2-13(12(17)9-10)19-4-3-11(15(19)21)14(20)18-5-7-22-8-6-18/h1-2,9,11H,3-8H2/t11-/m0/s1. The number of benzene rings is 1. The summed E-state index contributed by atoms with van der Waals surface area (Å²) in [6.07, 6.45) is 0.508. The van der Waals surface area contributed by atoms with E-state index >= 15 is 0 Å². The van der Waals surface area contributed by atoms with Crippen LogP contribution in [0.3, 0.4) is 0 Å². The minimum Gasteiger partial charge on any atom is -0.378 e. The molecule has 0 aliphatic carbocycles. The maximum atomic E-state index is 12.6. The second-order valence-corrected chi connectivity index (χ2v) is 6.21. The van der Waals surface area contributed by atoms with E-state index in [0.29, 0.717) is 55.0 Å². The third kappa shape index (κ3) is 2.93. The van der Waals surface area contributed by atoms with Crippen molar-refractivity contribution in [3.05, 3.63) is 28.2 Å². The van der Waals surface area contributed by atoms with Gasteiger partial charge in [0.15, 0.2) is 0 Å². The van der Waals surface area contributed by atoms with Gasteiger partial charge in [0, 0.05) is 24.7 Å². The molecule has 2 amide bonds. The molecule has 0 unspecified atom stereocenters. The molecule has 118 valence electrons. The van der Waals surface area contributed by atoms with Crippen molar-refractivity contribution in [2.24, 2.45) is 5.92 Å². The molecule has 1 atom stereocenters. The summed E-state index contributed by atoms with van der Waals surface area (Å²) in [6.45, 7) is 2.63. The van der Waals surface area contributed by atoms with Gasteiger partial charge >= 0.3 is 0 Å². The van der Waals surface area contributed by atoms with Crippen LogP contribution in [-0.4, -0.2) is 49.6 Å². The minimum absolute atomic E-state index is 0.110. The zero-order chi connectivity index (χ0) is 15.7. The Labute approximate surface area is 138 Å². The fourth-order valence-corrected chi connectivity index (χ4v) is 3.36. The van der Waals surface area contributed by atoms with Gasteiger partial charge in [0.2, 0.25) is 11.8 Å². The van der Waals surface area contributed by atoms with Crippen LogP contribution in [0.4, 0.5) is 5.69 Å². The Bertz CT molecular complexity index is 602. The van der Waals surface area contributed by atoms with Crippen LogP contribution >= 0.6 is 23.2 Å². The van der Waals surface area contributed by atoms with Gasteiger partial charge in [0.1, 0.15) is 5.92 Å². The van der Waals surface area contributed by atoms with Gasteiger partial charge in [-0.3, -0.25) is 9.59 Å². The maximum Gasteiger partial charge on any atom is 0.239 e. The van der Waals surface area contributed by atoms with Gasteiger partial charge in [-0.2, -0.15) is 0 Å². The van der Waals surface area contributed by atoms with E-state index in [9.17, 15) is 9.59 Å². The molecular weight excluding hydrogens is 327 g/mol. The zero-order valence-electron chi connectivity index (χ0n) is 11.9. The Kier molecular flexibility index (Phi) is 4.57. The fourth-order valence-electron chi connectivity index (χ4n) is 2.85. The number of carbonyl (C=O) groups is 2. The molecule has 1 aromatic rings. The number of hydrogen-bond acceptors (Lipinski definition) is 3. The quantitative estimate of drug-likeness (QED) is 0.774. The van der Waals surface area contributed by atoms with Gasteiger partial charge in [0.05, 0.1) is 23.9 Å². The van der Waals surface area contributed by atoms with Crippen LogP contribution in [-0.2, 0) is 14.3 Å². The lowest BCUT2D eigenvalue weighted by Gasteiger charge is -2.28. The first-order valence-electron chi connectivity index (χ1n) is 7.21. The van der Waals surface area contributed by atoms with Crippen molar-refractivity contribution in [2.75, 3.05) is 37.7 Å². The summed E-state index contributed by atoms with van der Waals surface area (Å²) >= 11 is 12.0. The molecule has 2 fully saturated rings. The Hall–Kier alpha value is -1.30. The van der Waals surface area contributed by atoms with Crippen molar-refractivity contribution < 1.29 is 14.3 Å². The van der Waals surface area contributed by atoms with Crippen LogP contribution in [0.5, 0.6) is 0 Å². The van der Waals surface area contributed by atoms with E-state index in [0.717, 1.165) is 0 Å². The molecule has 0 saturated carbocycles. The van der Waals surface area contributed by atoms with Crippen LogP contribution in [0, 0.1) is 5.92 Å². The highest BCUT2D eigenvalue weighted by molar-refractivity contribution is 6.37. The van der Waals surface area contributed by atoms with E-state index < -0.39 is 5.92 Å². The Balaban J connectivity index is 1.75. The molecule has 2 heterocycles. The summed E-state index contributed by atoms with van der Waals surface area (Å²) in [5.41, 5.74) is 0.605. The topological polar surface area (TPSA) is 49.9 Å². The maximum absolute atomic E-state index is 12.6. The zero-order valence-corrected chi connectivity index (χ0v) is 13.4. The highest BCUT2D eigenvalue weighted by Crippen LogP contribution is 2.33. The van der Waals surface area contributed by atoms with Gasteiger partial charge in [0.25, 0.3) is 0 Å². The number of amides is 2. The fraction of sp³-hybridized carbons (Fsp3) is 0.467.